The quantitative estimate of drug-likeness (QED) is 0.0891. The number of likely N-dealkylation sites (N-methyl/N-ethyl adjacent to an activating group) is 1. The smallest absolute Gasteiger partial charge is 0.161 e. The fourth-order valence-corrected chi connectivity index (χ4v) is 9.59. The molecule has 8 heteroatoms. The van der Waals surface area contributed by atoms with E-state index in [-0.39, 0.29) is 24.5 Å². The van der Waals surface area contributed by atoms with Crippen molar-refractivity contribution in [2.45, 2.75) is 129 Å². The van der Waals surface area contributed by atoms with Crippen molar-refractivity contribution in [2.75, 3.05) is 26.2 Å². The molecular weight excluding hydrogens is 614 g/mol. The number of aromatic amines is 1. The summed E-state index contributed by atoms with van der Waals surface area (Å²) in [6.45, 7) is 8.86. The standard InChI is InChI=1S/C41H61N3O5/c1-4-6-12-39-29(25-45)20-30(49-39)15-13-28-14-16-38(47)40(19-28)48-26-37(43-5-2)35-21-32-33(24-42-23-27(3)46)31-10-9-11-34(31)41(17-7-8-18-41)22-36(32)44-35/h14,16,19-21,27,31,33-34,37,42-47H,4-13,15,17-18,22-26H2,1-3H3. The van der Waals surface area contributed by atoms with Gasteiger partial charge in [0.1, 0.15) is 18.1 Å². The van der Waals surface area contributed by atoms with Gasteiger partial charge in [-0.25, -0.2) is 0 Å². The van der Waals surface area contributed by atoms with E-state index < -0.39 is 0 Å². The number of aromatic nitrogens is 1. The third-order valence-electron chi connectivity index (χ3n) is 12.0. The highest BCUT2D eigenvalue weighted by Crippen LogP contribution is 2.60. The van der Waals surface area contributed by atoms with Crippen LogP contribution in [0.1, 0.15) is 130 Å². The second kappa shape index (κ2) is 16.5. The van der Waals surface area contributed by atoms with Crippen LogP contribution in [0.3, 0.4) is 0 Å². The lowest BCUT2D eigenvalue weighted by Crippen LogP contribution is -2.36. The van der Waals surface area contributed by atoms with Crippen LogP contribution in [0.25, 0.3) is 0 Å². The average Bonchev–Trinajstić information content (AvgIpc) is 3.90. The second-order valence-electron chi connectivity index (χ2n) is 15.4. The van der Waals surface area contributed by atoms with E-state index in [2.05, 4.69) is 35.5 Å². The van der Waals surface area contributed by atoms with E-state index >= 15 is 0 Å². The molecule has 6 rings (SSSR count). The Morgan fingerprint density at radius 3 is 2.65 bits per heavy atom. The summed E-state index contributed by atoms with van der Waals surface area (Å²) in [7, 11) is 0. The molecule has 0 radical (unpaired) electrons. The largest absolute Gasteiger partial charge is 0.504 e. The first kappa shape index (κ1) is 36.0. The Morgan fingerprint density at radius 1 is 1.06 bits per heavy atom. The maximum absolute atomic E-state index is 10.8. The van der Waals surface area contributed by atoms with E-state index in [9.17, 15) is 15.3 Å². The van der Waals surface area contributed by atoms with Crippen molar-refractivity contribution in [3.05, 3.63) is 69.9 Å². The second-order valence-corrected chi connectivity index (χ2v) is 15.4. The monoisotopic (exact) mass is 675 g/mol. The molecule has 270 valence electrons. The number of hydrogen-bond acceptors (Lipinski definition) is 7. The first-order chi connectivity index (χ1) is 23.8. The van der Waals surface area contributed by atoms with Gasteiger partial charge in [-0.3, -0.25) is 0 Å². The molecule has 0 bridgehead atoms. The Bertz CT molecular complexity index is 1490. The van der Waals surface area contributed by atoms with Crippen molar-refractivity contribution < 1.29 is 24.5 Å². The van der Waals surface area contributed by atoms with Gasteiger partial charge in [-0.2, -0.15) is 0 Å². The van der Waals surface area contributed by atoms with Gasteiger partial charge in [0.15, 0.2) is 11.5 Å². The van der Waals surface area contributed by atoms with Gasteiger partial charge in [0.25, 0.3) is 0 Å². The molecule has 49 heavy (non-hydrogen) atoms. The van der Waals surface area contributed by atoms with Crippen LogP contribution in [0.15, 0.2) is 34.7 Å². The summed E-state index contributed by atoms with van der Waals surface area (Å²) in [5.41, 5.74) is 6.38. The first-order valence-electron chi connectivity index (χ1n) is 19.3. The fourth-order valence-electron chi connectivity index (χ4n) is 9.59. The Morgan fingerprint density at radius 2 is 1.90 bits per heavy atom. The van der Waals surface area contributed by atoms with Crippen LogP contribution < -0.4 is 15.4 Å². The molecule has 5 unspecified atom stereocenters. The van der Waals surface area contributed by atoms with Crippen LogP contribution >= 0.6 is 0 Å². The molecule has 6 N–H and O–H groups in total. The van der Waals surface area contributed by atoms with E-state index in [1.54, 1.807) is 6.07 Å². The van der Waals surface area contributed by atoms with Crippen molar-refractivity contribution >= 4 is 0 Å². The molecular formula is C41H61N3O5. The summed E-state index contributed by atoms with van der Waals surface area (Å²) < 4.78 is 12.5. The van der Waals surface area contributed by atoms with E-state index in [0.717, 1.165) is 79.5 Å². The number of hydrogen-bond donors (Lipinski definition) is 6. The third kappa shape index (κ3) is 8.24. The molecule has 2 fully saturated rings. The number of phenols is 1. The number of benzene rings is 1. The molecule has 0 amide bonds. The zero-order valence-corrected chi connectivity index (χ0v) is 30.2. The molecule has 0 aliphatic heterocycles. The van der Waals surface area contributed by atoms with Crippen molar-refractivity contribution in [3.63, 3.8) is 0 Å². The summed E-state index contributed by atoms with van der Waals surface area (Å²) in [5, 5.41) is 37.9. The highest BCUT2D eigenvalue weighted by molar-refractivity contribution is 5.42. The van der Waals surface area contributed by atoms with Crippen LogP contribution in [0.4, 0.5) is 0 Å². The van der Waals surface area contributed by atoms with Crippen LogP contribution in [-0.4, -0.2) is 52.6 Å². The molecule has 2 aromatic heterocycles. The summed E-state index contributed by atoms with van der Waals surface area (Å²) in [5.74, 6) is 4.31. The number of aromatic hydroxyl groups is 1. The summed E-state index contributed by atoms with van der Waals surface area (Å²) >= 11 is 0. The number of aryl methyl sites for hydroxylation is 3. The maximum atomic E-state index is 10.8. The Kier molecular flexibility index (Phi) is 12.1. The molecule has 1 aromatic carbocycles. The number of aliphatic hydroxyl groups excluding tert-OH is 2. The van der Waals surface area contributed by atoms with Crippen molar-refractivity contribution in [2.24, 2.45) is 17.3 Å². The summed E-state index contributed by atoms with van der Waals surface area (Å²) in [4.78, 5) is 3.94. The molecule has 3 aliphatic carbocycles. The van der Waals surface area contributed by atoms with Crippen LogP contribution in [0.2, 0.25) is 0 Å². The van der Waals surface area contributed by atoms with Crippen LogP contribution in [0, 0.1) is 17.3 Å². The van der Waals surface area contributed by atoms with Crippen molar-refractivity contribution in [3.8, 4) is 11.5 Å². The number of ether oxygens (including phenoxy) is 1. The van der Waals surface area contributed by atoms with Gasteiger partial charge in [-0.15, -0.1) is 0 Å². The van der Waals surface area contributed by atoms with E-state index in [0.29, 0.717) is 42.6 Å². The predicted molar refractivity (Wildman–Crippen MR) is 194 cm³/mol. The zero-order chi connectivity index (χ0) is 34.4. The van der Waals surface area contributed by atoms with Gasteiger partial charge in [0, 0.05) is 48.8 Å². The number of phenolic OH excluding ortho intramolecular Hbond substituents is 1. The average molecular weight is 676 g/mol. The fraction of sp³-hybridized carbons (Fsp3) is 0.659. The molecule has 2 heterocycles. The number of fused-ring (bicyclic) bond motifs is 3. The minimum absolute atomic E-state index is 0.000978. The summed E-state index contributed by atoms with van der Waals surface area (Å²) in [6.07, 6.45) is 14.6. The lowest BCUT2D eigenvalue weighted by atomic mass is 9.66. The van der Waals surface area contributed by atoms with Crippen LogP contribution in [-0.2, 0) is 32.3 Å². The SMILES string of the molecule is CCCCc1oc(CCc2ccc(O)c(OCC(NCC)c3cc4c([nH]3)CC3(CCCC3)C3CCCC3C4CNCC(C)O)c2)cc1CO. The topological polar surface area (TPSA) is 123 Å². The van der Waals surface area contributed by atoms with Gasteiger partial charge in [0.05, 0.1) is 18.8 Å². The predicted octanol–water partition coefficient (Wildman–Crippen LogP) is 7.25. The van der Waals surface area contributed by atoms with E-state index in [4.69, 9.17) is 9.15 Å². The normalized spacial score (nSPS) is 22.6. The molecule has 3 aromatic rings. The van der Waals surface area contributed by atoms with E-state index in [1.165, 1.54) is 56.2 Å². The highest BCUT2D eigenvalue weighted by Gasteiger charge is 2.51. The van der Waals surface area contributed by atoms with Gasteiger partial charge in [-0.1, -0.05) is 45.6 Å². The minimum Gasteiger partial charge on any atom is -0.504 e. The summed E-state index contributed by atoms with van der Waals surface area (Å²) in [6, 6.07) is 9.97. The molecule has 5 atom stereocenters. The molecule has 2 saturated carbocycles. The number of unbranched alkanes of at least 4 members (excludes halogenated alkanes) is 1. The van der Waals surface area contributed by atoms with Crippen LogP contribution in [0.5, 0.6) is 11.5 Å². The van der Waals surface area contributed by atoms with Crippen molar-refractivity contribution in [1.29, 1.82) is 0 Å². The van der Waals surface area contributed by atoms with Gasteiger partial charge < -0.3 is 40.1 Å². The third-order valence-corrected chi connectivity index (χ3v) is 12.0. The van der Waals surface area contributed by atoms with Gasteiger partial charge in [-0.05, 0) is 111 Å². The minimum atomic E-state index is -0.356. The Hall–Kier alpha value is -2.78. The zero-order valence-electron chi connectivity index (χ0n) is 30.2. The van der Waals surface area contributed by atoms with E-state index in [1.807, 2.05) is 25.1 Å². The Labute approximate surface area is 293 Å². The number of nitrogens with one attached hydrogen (secondary N) is 3. The van der Waals surface area contributed by atoms with Gasteiger partial charge >= 0.3 is 0 Å². The number of aliphatic hydroxyl groups is 2. The molecule has 3 aliphatic rings. The number of H-pyrrole nitrogens is 1. The van der Waals surface area contributed by atoms with Gasteiger partial charge in [0.2, 0.25) is 0 Å². The van der Waals surface area contributed by atoms with Crippen molar-refractivity contribution in [1.82, 2.24) is 15.6 Å². The molecule has 0 saturated heterocycles. The highest BCUT2D eigenvalue weighted by atomic mass is 16.5. The number of rotatable bonds is 17. The lowest BCUT2D eigenvalue weighted by molar-refractivity contribution is 0.116. The molecule has 8 nitrogen and oxygen atoms in total. The Balaban J connectivity index is 1.18. The maximum Gasteiger partial charge on any atom is 0.161 e. The number of furan rings is 1. The lowest BCUT2D eigenvalue weighted by Gasteiger charge is -2.39. The first-order valence-corrected chi connectivity index (χ1v) is 19.3. The molecule has 1 spiro atoms.